The standard InChI is InChI=1S/C15H16N4/c1-11-2-4-12(5-3-11)13-8-17-15-18-14(6-7-16)10-19(15)9-13/h2-5,8-10H,6-7,16H2,1H3. The van der Waals surface area contributed by atoms with Crippen molar-refractivity contribution in [1.29, 1.82) is 0 Å². The van der Waals surface area contributed by atoms with Gasteiger partial charge in [-0.25, -0.2) is 9.97 Å². The monoisotopic (exact) mass is 252 g/mol. The van der Waals surface area contributed by atoms with Gasteiger partial charge in [-0.1, -0.05) is 29.8 Å². The van der Waals surface area contributed by atoms with Crippen LogP contribution in [0.5, 0.6) is 0 Å². The van der Waals surface area contributed by atoms with Crippen LogP contribution in [0.25, 0.3) is 16.9 Å². The molecule has 0 saturated heterocycles. The molecule has 4 nitrogen and oxygen atoms in total. The van der Waals surface area contributed by atoms with Crippen molar-refractivity contribution in [3.05, 3.63) is 54.1 Å². The van der Waals surface area contributed by atoms with Crippen LogP contribution in [0.15, 0.2) is 42.9 Å². The Morgan fingerprint density at radius 3 is 2.63 bits per heavy atom. The lowest BCUT2D eigenvalue weighted by molar-refractivity contribution is 0.936. The lowest BCUT2D eigenvalue weighted by Crippen LogP contribution is -2.02. The van der Waals surface area contributed by atoms with Gasteiger partial charge in [0.05, 0.1) is 5.69 Å². The third-order valence-electron chi connectivity index (χ3n) is 3.15. The molecule has 0 atom stereocenters. The highest BCUT2D eigenvalue weighted by atomic mass is 15.1. The molecule has 0 aliphatic rings. The van der Waals surface area contributed by atoms with E-state index >= 15 is 0 Å². The quantitative estimate of drug-likeness (QED) is 0.777. The number of nitrogens with zero attached hydrogens (tertiary/aromatic N) is 3. The summed E-state index contributed by atoms with van der Waals surface area (Å²) in [6, 6.07) is 8.42. The molecule has 0 unspecified atom stereocenters. The van der Waals surface area contributed by atoms with Crippen LogP contribution in [0, 0.1) is 6.92 Å². The third-order valence-corrected chi connectivity index (χ3v) is 3.15. The summed E-state index contributed by atoms with van der Waals surface area (Å²) >= 11 is 0. The van der Waals surface area contributed by atoms with Gasteiger partial charge in [-0.2, -0.15) is 0 Å². The number of nitrogens with two attached hydrogens (primary N) is 1. The molecule has 0 saturated carbocycles. The second kappa shape index (κ2) is 4.82. The van der Waals surface area contributed by atoms with E-state index < -0.39 is 0 Å². The topological polar surface area (TPSA) is 56.2 Å². The van der Waals surface area contributed by atoms with Gasteiger partial charge < -0.3 is 5.73 Å². The summed E-state index contributed by atoms with van der Waals surface area (Å²) in [6.45, 7) is 2.69. The van der Waals surface area contributed by atoms with Crippen molar-refractivity contribution < 1.29 is 0 Å². The molecular formula is C15H16N4. The van der Waals surface area contributed by atoms with E-state index in [4.69, 9.17) is 5.73 Å². The van der Waals surface area contributed by atoms with Crippen molar-refractivity contribution in [1.82, 2.24) is 14.4 Å². The zero-order chi connectivity index (χ0) is 13.2. The first-order chi connectivity index (χ1) is 9.26. The van der Waals surface area contributed by atoms with Crippen LogP contribution in [0.1, 0.15) is 11.3 Å². The molecule has 0 amide bonds. The Kier molecular flexibility index (Phi) is 3.01. The molecule has 19 heavy (non-hydrogen) atoms. The molecule has 2 heterocycles. The van der Waals surface area contributed by atoms with Crippen LogP contribution in [-0.2, 0) is 6.42 Å². The number of hydrogen-bond donors (Lipinski definition) is 1. The zero-order valence-corrected chi connectivity index (χ0v) is 10.9. The SMILES string of the molecule is Cc1ccc(-c2cnc3nc(CCN)cn3c2)cc1. The van der Waals surface area contributed by atoms with Crippen LogP contribution >= 0.6 is 0 Å². The molecule has 3 rings (SSSR count). The fourth-order valence-corrected chi connectivity index (χ4v) is 2.10. The minimum Gasteiger partial charge on any atom is -0.330 e. The van der Waals surface area contributed by atoms with Gasteiger partial charge >= 0.3 is 0 Å². The predicted molar refractivity (Wildman–Crippen MR) is 75.9 cm³/mol. The van der Waals surface area contributed by atoms with E-state index in [9.17, 15) is 0 Å². The summed E-state index contributed by atoms with van der Waals surface area (Å²) in [7, 11) is 0. The molecule has 1 aromatic carbocycles. The fourth-order valence-electron chi connectivity index (χ4n) is 2.10. The lowest BCUT2D eigenvalue weighted by Gasteiger charge is -2.02. The van der Waals surface area contributed by atoms with Crippen molar-refractivity contribution in [2.45, 2.75) is 13.3 Å². The first kappa shape index (κ1) is 11.9. The lowest BCUT2D eigenvalue weighted by atomic mass is 10.1. The highest BCUT2D eigenvalue weighted by Crippen LogP contribution is 2.19. The minimum atomic E-state index is 0.606. The summed E-state index contributed by atoms with van der Waals surface area (Å²) in [5.74, 6) is 0.722. The Labute approximate surface area is 111 Å². The van der Waals surface area contributed by atoms with Gasteiger partial charge in [-0.05, 0) is 19.0 Å². The molecule has 0 fully saturated rings. The van der Waals surface area contributed by atoms with Crippen LogP contribution in [0.3, 0.4) is 0 Å². The predicted octanol–water partition coefficient (Wildman–Crippen LogP) is 2.21. The van der Waals surface area contributed by atoms with Gasteiger partial charge in [-0.3, -0.25) is 4.40 Å². The number of hydrogen-bond acceptors (Lipinski definition) is 3. The molecular weight excluding hydrogens is 236 g/mol. The van der Waals surface area contributed by atoms with Gasteiger partial charge in [0.2, 0.25) is 5.78 Å². The molecule has 3 aromatic rings. The molecule has 2 N–H and O–H groups in total. The highest BCUT2D eigenvalue weighted by molar-refractivity contribution is 5.62. The zero-order valence-electron chi connectivity index (χ0n) is 10.9. The average Bonchev–Trinajstić information content (AvgIpc) is 2.81. The maximum Gasteiger partial charge on any atom is 0.233 e. The van der Waals surface area contributed by atoms with Crippen LogP contribution in [-0.4, -0.2) is 20.9 Å². The molecule has 0 aliphatic heterocycles. The first-order valence-electron chi connectivity index (χ1n) is 6.37. The maximum absolute atomic E-state index is 5.55. The molecule has 0 radical (unpaired) electrons. The normalized spacial score (nSPS) is 11.1. The third kappa shape index (κ3) is 2.35. The highest BCUT2D eigenvalue weighted by Gasteiger charge is 2.04. The molecule has 96 valence electrons. The van der Waals surface area contributed by atoms with Crippen LogP contribution in [0.2, 0.25) is 0 Å². The summed E-state index contributed by atoms with van der Waals surface area (Å²) in [5.41, 5.74) is 10.0. The smallest absolute Gasteiger partial charge is 0.233 e. The number of fused-ring (bicyclic) bond motifs is 1. The Bertz CT molecular complexity index is 698. The van der Waals surface area contributed by atoms with Crippen LogP contribution < -0.4 is 5.73 Å². The van der Waals surface area contributed by atoms with E-state index in [1.807, 2.05) is 16.8 Å². The van der Waals surface area contributed by atoms with Crippen molar-refractivity contribution >= 4 is 5.78 Å². The number of benzene rings is 1. The molecule has 0 aliphatic carbocycles. The number of aryl methyl sites for hydroxylation is 1. The van der Waals surface area contributed by atoms with E-state index in [1.165, 1.54) is 5.56 Å². The van der Waals surface area contributed by atoms with Gasteiger partial charge in [0, 0.05) is 30.6 Å². The van der Waals surface area contributed by atoms with Crippen molar-refractivity contribution in [2.24, 2.45) is 5.73 Å². The Morgan fingerprint density at radius 1 is 1.11 bits per heavy atom. The second-order valence-corrected chi connectivity index (χ2v) is 4.69. The average molecular weight is 252 g/mol. The van der Waals surface area contributed by atoms with Crippen molar-refractivity contribution in [2.75, 3.05) is 6.54 Å². The van der Waals surface area contributed by atoms with E-state index in [2.05, 4.69) is 47.4 Å². The first-order valence-corrected chi connectivity index (χ1v) is 6.37. The molecule has 2 aromatic heterocycles. The Hall–Kier alpha value is -2.20. The van der Waals surface area contributed by atoms with E-state index in [1.54, 1.807) is 0 Å². The Morgan fingerprint density at radius 2 is 1.89 bits per heavy atom. The fraction of sp³-hybridized carbons (Fsp3) is 0.200. The van der Waals surface area contributed by atoms with Gasteiger partial charge in [0.1, 0.15) is 0 Å². The van der Waals surface area contributed by atoms with E-state index in [0.717, 1.165) is 29.0 Å². The van der Waals surface area contributed by atoms with Crippen molar-refractivity contribution in [3.8, 4) is 11.1 Å². The van der Waals surface area contributed by atoms with E-state index in [0.29, 0.717) is 6.54 Å². The summed E-state index contributed by atoms with van der Waals surface area (Å²) < 4.78 is 1.96. The Balaban J connectivity index is 2.03. The summed E-state index contributed by atoms with van der Waals surface area (Å²) in [6.07, 6.45) is 6.69. The number of aromatic nitrogens is 3. The molecule has 0 spiro atoms. The van der Waals surface area contributed by atoms with Crippen LogP contribution in [0.4, 0.5) is 0 Å². The number of rotatable bonds is 3. The van der Waals surface area contributed by atoms with Gasteiger partial charge in [0.25, 0.3) is 0 Å². The number of imidazole rings is 1. The molecule has 4 heteroatoms. The van der Waals surface area contributed by atoms with Gasteiger partial charge in [0.15, 0.2) is 0 Å². The second-order valence-electron chi connectivity index (χ2n) is 4.69. The van der Waals surface area contributed by atoms with Gasteiger partial charge in [-0.15, -0.1) is 0 Å². The van der Waals surface area contributed by atoms with Crippen molar-refractivity contribution in [3.63, 3.8) is 0 Å². The van der Waals surface area contributed by atoms with E-state index in [-0.39, 0.29) is 0 Å². The largest absolute Gasteiger partial charge is 0.330 e. The molecule has 0 bridgehead atoms. The summed E-state index contributed by atoms with van der Waals surface area (Å²) in [4.78, 5) is 8.82. The summed E-state index contributed by atoms with van der Waals surface area (Å²) in [5, 5.41) is 0. The maximum atomic E-state index is 5.55. The minimum absolute atomic E-state index is 0.606.